The van der Waals surface area contributed by atoms with Gasteiger partial charge in [0.15, 0.2) is 0 Å². The van der Waals surface area contributed by atoms with Crippen LogP contribution in [-0.4, -0.2) is 0 Å². The zero-order valence-electron chi connectivity index (χ0n) is 20.7. The molecule has 0 aromatic heterocycles. The molecule has 0 unspecified atom stereocenters. The molecule has 37 heavy (non-hydrogen) atoms. The van der Waals surface area contributed by atoms with Gasteiger partial charge in [0.25, 0.3) is 0 Å². The van der Waals surface area contributed by atoms with Crippen LogP contribution in [0.4, 0.5) is 0 Å². The predicted octanol–water partition coefficient (Wildman–Crippen LogP) is 9.87. The van der Waals surface area contributed by atoms with E-state index < -0.39 is 0 Å². The summed E-state index contributed by atoms with van der Waals surface area (Å²) >= 11 is 0. The highest BCUT2D eigenvalue weighted by atomic mass is 14.2. The lowest BCUT2D eigenvalue weighted by molar-refractivity contribution is 0.979. The molecule has 0 radical (unpaired) electrons. The largest absolute Gasteiger partial charge is 0.0622 e. The molecule has 0 saturated heterocycles. The van der Waals surface area contributed by atoms with Crippen molar-refractivity contribution in [2.45, 2.75) is 5.92 Å². The maximum absolute atomic E-state index is 2.35. The number of rotatable bonds is 6. The van der Waals surface area contributed by atoms with Crippen LogP contribution in [0.5, 0.6) is 0 Å². The van der Waals surface area contributed by atoms with Crippen molar-refractivity contribution in [2.75, 3.05) is 0 Å². The molecule has 6 aromatic rings. The molecular formula is C37H28. The third-order valence-electron chi connectivity index (χ3n) is 6.98. The van der Waals surface area contributed by atoms with E-state index in [4.69, 9.17) is 0 Å². The van der Waals surface area contributed by atoms with Crippen LogP contribution in [0.15, 0.2) is 164 Å². The van der Waals surface area contributed by atoms with Crippen LogP contribution in [-0.2, 0) is 0 Å². The van der Waals surface area contributed by atoms with Crippen molar-refractivity contribution in [1.29, 1.82) is 0 Å². The standard InChI is InChI=1S/C37H28/c1-4-13-28(14-5-1)31-19-10-22-34(25-31)37(35-23-11-20-32(26-35)29-15-6-2-7-16-29)36-24-12-21-33(27-36)30-17-8-3-9-18-30/h1-27,37H. The van der Waals surface area contributed by atoms with E-state index in [-0.39, 0.29) is 5.92 Å². The van der Waals surface area contributed by atoms with Crippen molar-refractivity contribution in [3.63, 3.8) is 0 Å². The summed E-state index contributed by atoms with van der Waals surface area (Å²) in [5, 5.41) is 0. The van der Waals surface area contributed by atoms with Crippen molar-refractivity contribution in [2.24, 2.45) is 0 Å². The molecule has 0 atom stereocenters. The summed E-state index contributed by atoms with van der Waals surface area (Å²) < 4.78 is 0. The molecule has 0 N–H and O–H groups in total. The number of hydrogen-bond acceptors (Lipinski definition) is 0. The second kappa shape index (κ2) is 10.5. The second-order valence-electron chi connectivity index (χ2n) is 9.41. The van der Waals surface area contributed by atoms with Crippen LogP contribution in [0.1, 0.15) is 22.6 Å². The minimum Gasteiger partial charge on any atom is -0.0622 e. The Labute approximate surface area is 219 Å². The highest BCUT2D eigenvalue weighted by Gasteiger charge is 2.19. The maximum atomic E-state index is 2.35. The van der Waals surface area contributed by atoms with Crippen LogP contribution in [0.2, 0.25) is 0 Å². The molecule has 0 bridgehead atoms. The Kier molecular flexibility index (Phi) is 6.47. The van der Waals surface area contributed by atoms with Crippen molar-refractivity contribution in [1.82, 2.24) is 0 Å². The van der Waals surface area contributed by atoms with Crippen molar-refractivity contribution in [3.05, 3.63) is 180 Å². The number of hydrogen-bond donors (Lipinski definition) is 0. The Morgan fingerprint density at radius 3 is 0.811 bits per heavy atom. The van der Waals surface area contributed by atoms with Gasteiger partial charge in [-0.25, -0.2) is 0 Å². The van der Waals surface area contributed by atoms with Gasteiger partial charge in [0.05, 0.1) is 0 Å². The number of benzene rings is 6. The Hall–Kier alpha value is -4.68. The minimum atomic E-state index is 0.107. The maximum Gasteiger partial charge on any atom is 0.0340 e. The van der Waals surface area contributed by atoms with Gasteiger partial charge < -0.3 is 0 Å². The lowest BCUT2D eigenvalue weighted by Gasteiger charge is -2.21. The van der Waals surface area contributed by atoms with Crippen LogP contribution in [0, 0.1) is 0 Å². The third kappa shape index (κ3) is 5.01. The smallest absolute Gasteiger partial charge is 0.0340 e. The first-order valence-corrected chi connectivity index (χ1v) is 12.8. The quantitative estimate of drug-likeness (QED) is 0.212. The molecule has 0 heteroatoms. The van der Waals surface area contributed by atoms with Gasteiger partial charge in [0, 0.05) is 5.92 Å². The molecule has 0 amide bonds. The molecule has 6 aromatic carbocycles. The van der Waals surface area contributed by atoms with Gasteiger partial charge in [-0.1, -0.05) is 164 Å². The normalized spacial score (nSPS) is 10.9. The average molecular weight is 473 g/mol. The summed E-state index contributed by atoms with van der Waals surface area (Å²) in [5.41, 5.74) is 11.3. The van der Waals surface area contributed by atoms with E-state index in [9.17, 15) is 0 Å². The fourth-order valence-electron chi connectivity index (χ4n) is 5.16. The summed E-state index contributed by atoms with van der Waals surface area (Å²) in [7, 11) is 0. The van der Waals surface area contributed by atoms with E-state index >= 15 is 0 Å². The van der Waals surface area contributed by atoms with Gasteiger partial charge >= 0.3 is 0 Å². The van der Waals surface area contributed by atoms with E-state index in [0.717, 1.165) is 0 Å². The summed E-state index contributed by atoms with van der Waals surface area (Å²) in [5.74, 6) is 0.107. The molecule has 0 aliphatic carbocycles. The van der Waals surface area contributed by atoms with Crippen LogP contribution in [0.3, 0.4) is 0 Å². The van der Waals surface area contributed by atoms with Gasteiger partial charge in [0.2, 0.25) is 0 Å². The molecule has 0 aliphatic rings. The van der Waals surface area contributed by atoms with Gasteiger partial charge in [-0.3, -0.25) is 0 Å². The third-order valence-corrected chi connectivity index (χ3v) is 6.98. The average Bonchev–Trinajstić information content (AvgIpc) is 2.99. The van der Waals surface area contributed by atoms with Crippen LogP contribution in [0.25, 0.3) is 33.4 Å². The zero-order chi connectivity index (χ0) is 24.9. The Bertz CT molecular complexity index is 1400. The van der Waals surface area contributed by atoms with Crippen molar-refractivity contribution in [3.8, 4) is 33.4 Å². The molecule has 0 heterocycles. The summed E-state index contributed by atoms with van der Waals surface area (Å²) in [6, 6.07) is 58.9. The SMILES string of the molecule is c1ccc(-c2cccc(C(c3cccc(-c4ccccc4)c3)c3cccc(-c4ccccc4)c3)c2)cc1. The van der Waals surface area contributed by atoms with E-state index in [1.807, 2.05) is 0 Å². The minimum absolute atomic E-state index is 0.107. The summed E-state index contributed by atoms with van der Waals surface area (Å²) in [6.45, 7) is 0. The molecular weight excluding hydrogens is 444 g/mol. The van der Waals surface area contributed by atoms with E-state index in [1.54, 1.807) is 0 Å². The first kappa shape index (κ1) is 22.8. The lowest BCUT2D eigenvalue weighted by atomic mass is 9.82. The highest BCUT2D eigenvalue weighted by Crippen LogP contribution is 2.37. The predicted molar refractivity (Wildman–Crippen MR) is 157 cm³/mol. The summed E-state index contributed by atoms with van der Waals surface area (Å²) in [4.78, 5) is 0. The lowest BCUT2D eigenvalue weighted by Crippen LogP contribution is -2.04. The highest BCUT2D eigenvalue weighted by molar-refractivity contribution is 5.69. The van der Waals surface area contributed by atoms with Crippen LogP contribution >= 0.6 is 0 Å². The molecule has 6 rings (SSSR count). The van der Waals surface area contributed by atoms with Crippen molar-refractivity contribution < 1.29 is 0 Å². The molecule has 0 fully saturated rings. The fraction of sp³-hybridized carbons (Fsp3) is 0.0270. The molecule has 0 spiro atoms. The van der Waals surface area contributed by atoms with Crippen molar-refractivity contribution >= 4 is 0 Å². The van der Waals surface area contributed by atoms with E-state index in [0.29, 0.717) is 0 Å². The Morgan fingerprint density at radius 2 is 0.514 bits per heavy atom. The van der Waals surface area contributed by atoms with E-state index in [1.165, 1.54) is 50.1 Å². The van der Waals surface area contributed by atoms with Gasteiger partial charge in [0.1, 0.15) is 0 Å². The fourth-order valence-corrected chi connectivity index (χ4v) is 5.16. The topological polar surface area (TPSA) is 0 Å². The Morgan fingerprint density at radius 1 is 0.243 bits per heavy atom. The summed E-state index contributed by atoms with van der Waals surface area (Å²) in [6.07, 6.45) is 0. The first-order valence-electron chi connectivity index (χ1n) is 12.8. The second-order valence-corrected chi connectivity index (χ2v) is 9.41. The molecule has 0 aliphatic heterocycles. The Balaban J connectivity index is 1.51. The molecule has 0 saturated carbocycles. The molecule has 176 valence electrons. The van der Waals surface area contributed by atoms with Crippen LogP contribution < -0.4 is 0 Å². The van der Waals surface area contributed by atoms with Gasteiger partial charge in [-0.15, -0.1) is 0 Å². The van der Waals surface area contributed by atoms with Gasteiger partial charge in [-0.2, -0.15) is 0 Å². The zero-order valence-corrected chi connectivity index (χ0v) is 20.7. The van der Waals surface area contributed by atoms with Gasteiger partial charge in [-0.05, 0) is 50.1 Å². The first-order chi connectivity index (χ1) is 18.3. The monoisotopic (exact) mass is 472 g/mol. The molecule has 0 nitrogen and oxygen atoms in total. The van der Waals surface area contributed by atoms with E-state index in [2.05, 4.69) is 164 Å².